The quantitative estimate of drug-likeness (QED) is 0.676. The summed E-state index contributed by atoms with van der Waals surface area (Å²) in [7, 11) is 0. The fourth-order valence-corrected chi connectivity index (χ4v) is 2.24. The zero-order valence-electron chi connectivity index (χ0n) is 12.7. The number of furan rings is 1. The number of ether oxygens (including phenoxy) is 1. The Hall–Kier alpha value is -2.89. The first-order valence-corrected chi connectivity index (χ1v) is 7.29. The second kappa shape index (κ2) is 6.48. The van der Waals surface area contributed by atoms with Crippen molar-refractivity contribution in [3.63, 3.8) is 0 Å². The molecule has 0 bridgehead atoms. The average molecular weight is 312 g/mol. The van der Waals surface area contributed by atoms with E-state index in [1.807, 2.05) is 13.0 Å². The Morgan fingerprint density at radius 3 is 3.00 bits per heavy atom. The van der Waals surface area contributed by atoms with Crippen molar-refractivity contribution in [1.29, 1.82) is 0 Å². The SMILES string of the molecule is Cc1ccc2nc(COC(=O)CCc3ccco3)cc(=O)n2c1. The van der Waals surface area contributed by atoms with Crippen LogP contribution < -0.4 is 5.56 Å². The van der Waals surface area contributed by atoms with Gasteiger partial charge in [-0.05, 0) is 30.7 Å². The first-order chi connectivity index (χ1) is 11.1. The number of hydrogen-bond acceptors (Lipinski definition) is 5. The molecule has 0 saturated heterocycles. The Morgan fingerprint density at radius 2 is 2.22 bits per heavy atom. The molecule has 0 spiro atoms. The molecule has 3 heterocycles. The Morgan fingerprint density at radius 1 is 1.35 bits per heavy atom. The zero-order chi connectivity index (χ0) is 16.2. The molecule has 23 heavy (non-hydrogen) atoms. The van der Waals surface area contributed by atoms with Gasteiger partial charge in [-0.2, -0.15) is 0 Å². The van der Waals surface area contributed by atoms with Gasteiger partial charge >= 0.3 is 5.97 Å². The summed E-state index contributed by atoms with van der Waals surface area (Å²) in [6.07, 6.45) is 4.00. The second-order valence-electron chi connectivity index (χ2n) is 5.26. The first kappa shape index (κ1) is 15.0. The minimum Gasteiger partial charge on any atom is -0.469 e. The molecule has 0 saturated carbocycles. The smallest absolute Gasteiger partial charge is 0.306 e. The number of rotatable bonds is 5. The van der Waals surface area contributed by atoms with Crippen molar-refractivity contribution >= 4 is 11.6 Å². The number of nitrogens with zero attached hydrogens (tertiary/aromatic N) is 2. The highest BCUT2D eigenvalue weighted by atomic mass is 16.5. The van der Waals surface area contributed by atoms with Crippen molar-refractivity contribution in [1.82, 2.24) is 9.38 Å². The molecule has 0 aromatic carbocycles. The van der Waals surface area contributed by atoms with Crippen molar-refractivity contribution < 1.29 is 13.9 Å². The molecule has 6 heteroatoms. The normalized spacial score (nSPS) is 10.8. The Kier molecular flexibility index (Phi) is 4.23. The number of aryl methyl sites for hydroxylation is 2. The summed E-state index contributed by atoms with van der Waals surface area (Å²) in [5.74, 6) is 0.381. The highest BCUT2D eigenvalue weighted by Crippen LogP contribution is 2.06. The van der Waals surface area contributed by atoms with Gasteiger partial charge in [-0.1, -0.05) is 6.07 Å². The van der Waals surface area contributed by atoms with Crippen molar-refractivity contribution in [3.05, 3.63) is 70.2 Å². The Bertz CT molecular complexity index is 881. The van der Waals surface area contributed by atoms with E-state index < -0.39 is 0 Å². The van der Waals surface area contributed by atoms with Crippen LogP contribution in [0.4, 0.5) is 0 Å². The van der Waals surface area contributed by atoms with Crippen LogP contribution in [0.3, 0.4) is 0 Å². The summed E-state index contributed by atoms with van der Waals surface area (Å²) in [6.45, 7) is 1.89. The van der Waals surface area contributed by atoms with Gasteiger partial charge in [0.15, 0.2) is 0 Å². The molecule has 118 valence electrons. The number of esters is 1. The van der Waals surface area contributed by atoms with Crippen LogP contribution in [0.2, 0.25) is 0 Å². The maximum Gasteiger partial charge on any atom is 0.306 e. The van der Waals surface area contributed by atoms with Crippen molar-refractivity contribution in [2.45, 2.75) is 26.4 Å². The highest BCUT2D eigenvalue weighted by molar-refractivity contribution is 5.69. The predicted octanol–water partition coefficient (Wildman–Crippen LogP) is 2.27. The van der Waals surface area contributed by atoms with E-state index in [1.165, 1.54) is 10.5 Å². The fourth-order valence-electron chi connectivity index (χ4n) is 2.24. The summed E-state index contributed by atoms with van der Waals surface area (Å²) in [5, 5.41) is 0. The maximum absolute atomic E-state index is 12.0. The van der Waals surface area contributed by atoms with Gasteiger partial charge in [0.1, 0.15) is 18.0 Å². The number of carbonyl (C=O) groups excluding carboxylic acids is 1. The molecule has 0 N–H and O–H groups in total. The van der Waals surface area contributed by atoms with E-state index in [0.717, 1.165) is 11.3 Å². The highest BCUT2D eigenvalue weighted by Gasteiger charge is 2.08. The number of fused-ring (bicyclic) bond motifs is 1. The van der Waals surface area contributed by atoms with Crippen LogP contribution in [0.25, 0.3) is 5.65 Å². The lowest BCUT2D eigenvalue weighted by molar-refractivity contribution is -0.145. The third kappa shape index (κ3) is 3.66. The molecule has 3 aromatic heterocycles. The monoisotopic (exact) mass is 312 g/mol. The number of aromatic nitrogens is 2. The first-order valence-electron chi connectivity index (χ1n) is 7.29. The van der Waals surface area contributed by atoms with Gasteiger partial charge < -0.3 is 9.15 Å². The largest absolute Gasteiger partial charge is 0.469 e. The number of carbonyl (C=O) groups is 1. The van der Waals surface area contributed by atoms with Gasteiger partial charge in [-0.25, -0.2) is 4.98 Å². The summed E-state index contributed by atoms with van der Waals surface area (Å²) in [6, 6.07) is 8.60. The van der Waals surface area contributed by atoms with Crippen molar-refractivity contribution in [2.24, 2.45) is 0 Å². The topological polar surface area (TPSA) is 73.8 Å². The lowest BCUT2D eigenvalue weighted by Gasteiger charge is -2.06. The third-order valence-corrected chi connectivity index (χ3v) is 3.40. The van der Waals surface area contributed by atoms with Gasteiger partial charge in [0.25, 0.3) is 5.56 Å². The molecule has 0 aliphatic heterocycles. The summed E-state index contributed by atoms with van der Waals surface area (Å²) in [5.41, 5.74) is 1.74. The van der Waals surface area contributed by atoms with Gasteiger partial charge in [0, 0.05) is 18.7 Å². The Labute approximate surface area is 132 Å². The summed E-state index contributed by atoms with van der Waals surface area (Å²) in [4.78, 5) is 28.1. The molecular formula is C17H16N2O4. The van der Waals surface area contributed by atoms with Gasteiger partial charge in [0.05, 0.1) is 18.4 Å². The second-order valence-corrected chi connectivity index (χ2v) is 5.26. The van der Waals surface area contributed by atoms with E-state index in [4.69, 9.17) is 9.15 Å². The van der Waals surface area contributed by atoms with E-state index in [1.54, 1.807) is 30.7 Å². The molecule has 0 unspecified atom stereocenters. The summed E-state index contributed by atoms with van der Waals surface area (Å²) >= 11 is 0. The van der Waals surface area contributed by atoms with E-state index in [9.17, 15) is 9.59 Å². The van der Waals surface area contributed by atoms with Crippen LogP contribution in [0.5, 0.6) is 0 Å². The maximum atomic E-state index is 12.0. The molecule has 0 atom stereocenters. The predicted molar refractivity (Wildman–Crippen MR) is 83.0 cm³/mol. The molecule has 0 radical (unpaired) electrons. The summed E-state index contributed by atoms with van der Waals surface area (Å²) < 4.78 is 11.8. The van der Waals surface area contributed by atoms with Gasteiger partial charge in [-0.3, -0.25) is 14.0 Å². The van der Waals surface area contributed by atoms with Crippen LogP contribution >= 0.6 is 0 Å². The molecule has 3 aromatic rings. The minimum atomic E-state index is -0.354. The number of pyridine rings is 1. The van der Waals surface area contributed by atoms with E-state index in [2.05, 4.69) is 4.98 Å². The van der Waals surface area contributed by atoms with Crippen LogP contribution in [0.15, 0.2) is 52.0 Å². The van der Waals surface area contributed by atoms with Crippen LogP contribution in [-0.4, -0.2) is 15.4 Å². The lowest BCUT2D eigenvalue weighted by Crippen LogP contribution is -2.17. The molecule has 3 rings (SSSR count). The standard InChI is InChI=1S/C17H16N2O4/c1-12-4-6-15-18-13(9-16(20)19(15)10-12)11-23-17(21)7-5-14-3-2-8-22-14/h2-4,6,8-10H,5,7,11H2,1H3. The number of hydrogen-bond donors (Lipinski definition) is 0. The van der Waals surface area contributed by atoms with Crippen molar-refractivity contribution in [3.8, 4) is 0 Å². The van der Waals surface area contributed by atoms with E-state index in [0.29, 0.717) is 17.8 Å². The lowest BCUT2D eigenvalue weighted by atomic mass is 10.2. The molecule has 0 aliphatic carbocycles. The molecule has 0 amide bonds. The van der Waals surface area contributed by atoms with Gasteiger partial charge in [-0.15, -0.1) is 0 Å². The van der Waals surface area contributed by atoms with Crippen LogP contribution in [-0.2, 0) is 22.6 Å². The third-order valence-electron chi connectivity index (χ3n) is 3.40. The average Bonchev–Trinajstić information content (AvgIpc) is 3.05. The fraction of sp³-hybridized carbons (Fsp3) is 0.235. The molecule has 0 fully saturated rings. The van der Waals surface area contributed by atoms with Crippen molar-refractivity contribution in [2.75, 3.05) is 0 Å². The van der Waals surface area contributed by atoms with Gasteiger partial charge in [0.2, 0.25) is 0 Å². The van der Waals surface area contributed by atoms with Crippen LogP contribution in [0, 0.1) is 6.92 Å². The molecule has 6 nitrogen and oxygen atoms in total. The minimum absolute atomic E-state index is 0.0173. The van der Waals surface area contributed by atoms with E-state index in [-0.39, 0.29) is 24.6 Å². The Balaban J connectivity index is 1.64. The molecule has 0 aliphatic rings. The van der Waals surface area contributed by atoms with E-state index >= 15 is 0 Å². The molecular weight excluding hydrogens is 296 g/mol. The van der Waals surface area contributed by atoms with Crippen LogP contribution in [0.1, 0.15) is 23.4 Å². The zero-order valence-corrected chi connectivity index (χ0v) is 12.7.